The minimum atomic E-state index is -0.818. The maximum absolute atomic E-state index is 13.7. The monoisotopic (exact) mass is 357 g/mol. The molecule has 2 unspecified atom stereocenters. The van der Waals surface area contributed by atoms with E-state index in [0.29, 0.717) is 10.9 Å². The van der Waals surface area contributed by atoms with Crippen LogP contribution in [-0.2, 0) is 4.79 Å². The summed E-state index contributed by atoms with van der Waals surface area (Å²) in [5.41, 5.74) is -0.0415. The van der Waals surface area contributed by atoms with Gasteiger partial charge in [-0.3, -0.25) is 9.59 Å². The number of rotatable bonds is 4. The second-order valence-corrected chi connectivity index (χ2v) is 6.15. The van der Waals surface area contributed by atoms with Crippen LogP contribution in [0.3, 0.4) is 0 Å². The highest BCUT2D eigenvalue weighted by atomic mass is 79.9. The normalized spacial score (nSPS) is 21.8. The number of carbonyl (C=O) groups excluding carboxylic acids is 1. The summed E-state index contributed by atoms with van der Waals surface area (Å²) in [6.07, 6.45) is 3.28. The molecule has 0 heterocycles. The van der Waals surface area contributed by atoms with Crippen LogP contribution in [0.2, 0.25) is 0 Å². The largest absolute Gasteiger partial charge is 0.481 e. The molecule has 1 aliphatic rings. The number of halogens is 2. The van der Waals surface area contributed by atoms with Crippen LogP contribution >= 0.6 is 15.9 Å². The van der Waals surface area contributed by atoms with E-state index in [1.165, 1.54) is 12.1 Å². The maximum atomic E-state index is 13.7. The van der Waals surface area contributed by atoms with Gasteiger partial charge in [0.1, 0.15) is 5.82 Å². The summed E-state index contributed by atoms with van der Waals surface area (Å²) in [6.45, 7) is 0.260. The second kappa shape index (κ2) is 7.02. The zero-order chi connectivity index (χ0) is 15.4. The predicted molar refractivity (Wildman–Crippen MR) is 79.5 cm³/mol. The molecule has 2 N–H and O–H groups in total. The van der Waals surface area contributed by atoms with Gasteiger partial charge in [-0.1, -0.05) is 18.9 Å². The Kier molecular flexibility index (Phi) is 5.33. The molecule has 1 amide bonds. The first-order valence-corrected chi connectivity index (χ1v) is 7.75. The number of amides is 1. The second-order valence-electron chi connectivity index (χ2n) is 5.30. The minimum absolute atomic E-state index is 0.0415. The number of nitrogens with one attached hydrogen (secondary N) is 1. The molecular weight excluding hydrogens is 341 g/mol. The Bertz CT molecular complexity index is 529. The first kappa shape index (κ1) is 15.9. The first-order chi connectivity index (χ1) is 10.0. The molecule has 2 rings (SSSR count). The number of benzene rings is 1. The van der Waals surface area contributed by atoms with Gasteiger partial charge < -0.3 is 10.4 Å². The van der Waals surface area contributed by atoms with E-state index in [1.54, 1.807) is 6.07 Å². The van der Waals surface area contributed by atoms with Crippen molar-refractivity contribution in [3.05, 3.63) is 34.1 Å². The van der Waals surface area contributed by atoms with E-state index in [9.17, 15) is 19.1 Å². The van der Waals surface area contributed by atoms with Gasteiger partial charge in [0.2, 0.25) is 0 Å². The fraction of sp³-hybridized carbons (Fsp3) is 0.467. The molecule has 6 heteroatoms. The molecule has 0 spiro atoms. The SMILES string of the molecule is O=C(NCC1CCCCC1C(=O)O)c1c(F)cccc1Br. The van der Waals surface area contributed by atoms with Gasteiger partial charge in [0.05, 0.1) is 11.5 Å². The third-order valence-electron chi connectivity index (χ3n) is 3.94. The van der Waals surface area contributed by atoms with E-state index >= 15 is 0 Å². The van der Waals surface area contributed by atoms with E-state index in [4.69, 9.17) is 0 Å². The van der Waals surface area contributed by atoms with Crippen molar-refractivity contribution >= 4 is 27.8 Å². The lowest BCUT2D eigenvalue weighted by Crippen LogP contribution is -2.37. The Morgan fingerprint density at radius 3 is 2.71 bits per heavy atom. The molecule has 0 aliphatic heterocycles. The van der Waals surface area contributed by atoms with E-state index in [2.05, 4.69) is 21.2 Å². The number of hydrogen-bond donors (Lipinski definition) is 2. The van der Waals surface area contributed by atoms with Crippen molar-refractivity contribution in [2.24, 2.45) is 11.8 Å². The molecule has 1 aromatic carbocycles. The smallest absolute Gasteiger partial charge is 0.306 e. The van der Waals surface area contributed by atoms with Crippen LogP contribution in [0.25, 0.3) is 0 Å². The van der Waals surface area contributed by atoms with Gasteiger partial charge in [0.15, 0.2) is 0 Å². The van der Waals surface area contributed by atoms with Gasteiger partial charge in [0, 0.05) is 11.0 Å². The van der Waals surface area contributed by atoms with E-state index in [-0.39, 0.29) is 18.0 Å². The van der Waals surface area contributed by atoms with Gasteiger partial charge in [-0.2, -0.15) is 0 Å². The molecule has 0 saturated heterocycles. The van der Waals surface area contributed by atoms with Crippen LogP contribution in [-0.4, -0.2) is 23.5 Å². The lowest BCUT2D eigenvalue weighted by molar-refractivity contribution is -0.144. The average Bonchev–Trinajstić information content (AvgIpc) is 2.45. The third kappa shape index (κ3) is 3.81. The van der Waals surface area contributed by atoms with E-state index in [0.717, 1.165) is 19.3 Å². The zero-order valence-electron chi connectivity index (χ0n) is 11.4. The Balaban J connectivity index is 2.02. The predicted octanol–water partition coefficient (Wildman–Crippen LogP) is 3.21. The van der Waals surface area contributed by atoms with Gasteiger partial charge >= 0.3 is 5.97 Å². The number of carbonyl (C=O) groups is 2. The summed E-state index contributed by atoms with van der Waals surface area (Å²) < 4.78 is 14.1. The van der Waals surface area contributed by atoms with Gasteiger partial charge in [0.25, 0.3) is 5.91 Å². The number of carboxylic acids is 1. The summed E-state index contributed by atoms with van der Waals surface area (Å²) in [5.74, 6) is -2.45. The average molecular weight is 358 g/mol. The molecule has 2 atom stereocenters. The van der Waals surface area contributed by atoms with E-state index in [1.807, 2.05) is 0 Å². The highest BCUT2D eigenvalue weighted by molar-refractivity contribution is 9.10. The van der Waals surface area contributed by atoms with Crippen molar-refractivity contribution in [2.75, 3.05) is 6.54 Å². The minimum Gasteiger partial charge on any atom is -0.481 e. The molecule has 0 bridgehead atoms. The summed E-state index contributed by atoms with van der Waals surface area (Å²) in [4.78, 5) is 23.3. The molecule has 1 aliphatic carbocycles. The Morgan fingerprint density at radius 2 is 2.05 bits per heavy atom. The van der Waals surface area contributed by atoms with Crippen molar-refractivity contribution in [2.45, 2.75) is 25.7 Å². The fourth-order valence-corrected chi connectivity index (χ4v) is 3.33. The first-order valence-electron chi connectivity index (χ1n) is 6.95. The third-order valence-corrected chi connectivity index (χ3v) is 4.60. The van der Waals surface area contributed by atoms with Crippen LogP contribution < -0.4 is 5.32 Å². The van der Waals surface area contributed by atoms with Gasteiger partial charge in [-0.05, 0) is 46.8 Å². The molecule has 1 fully saturated rings. The molecular formula is C15H17BrFNO3. The standard InChI is InChI=1S/C15H17BrFNO3/c16-11-6-3-7-12(17)13(11)14(19)18-8-9-4-1-2-5-10(9)15(20)21/h3,6-7,9-10H,1-2,4-5,8H2,(H,18,19)(H,20,21). The van der Waals surface area contributed by atoms with Crippen LogP contribution in [0.1, 0.15) is 36.0 Å². The van der Waals surface area contributed by atoms with Gasteiger partial charge in [-0.15, -0.1) is 0 Å². The summed E-state index contributed by atoms with van der Waals surface area (Å²) in [6, 6.07) is 4.33. The Hall–Kier alpha value is -1.43. The van der Waals surface area contributed by atoms with Crippen LogP contribution in [0.4, 0.5) is 4.39 Å². The van der Waals surface area contributed by atoms with Crippen molar-refractivity contribution in [3.8, 4) is 0 Å². The molecule has 0 aromatic heterocycles. The van der Waals surface area contributed by atoms with Crippen molar-refractivity contribution in [3.63, 3.8) is 0 Å². The Morgan fingerprint density at radius 1 is 1.33 bits per heavy atom. The van der Waals surface area contributed by atoms with Crippen LogP contribution in [0, 0.1) is 17.7 Å². The van der Waals surface area contributed by atoms with Crippen molar-refractivity contribution in [1.29, 1.82) is 0 Å². The molecule has 0 radical (unpaired) electrons. The summed E-state index contributed by atoms with van der Waals surface area (Å²) in [7, 11) is 0. The zero-order valence-corrected chi connectivity index (χ0v) is 13.0. The summed E-state index contributed by atoms with van der Waals surface area (Å²) >= 11 is 3.15. The number of aliphatic carboxylic acids is 1. The maximum Gasteiger partial charge on any atom is 0.306 e. The fourth-order valence-electron chi connectivity index (χ4n) is 2.80. The van der Waals surface area contributed by atoms with Crippen LogP contribution in [0.15, 0.2) is 22.7 Å². The highest BCUT2D eigenvalue weighted by Crippen LogP contribution is 2.30. The van der Waals surface area contributed by atoms with Crippen LogP contribution in [0.5, 0.6) is 0 Å². The van der Waals surface area contributed by atoms with Crippen molar-refractivity contribution < 1.29 is 19.1 Å². The van der Waals surface area contributed by atoms with E-state index < -0.39 is 23.6 Å². The molecule has 114 valence electrons. The van der Waals surface area contributed by atoms with Crippen molar-refractivity contribution in [1.82, 2.24) is 5.32 Å². The molecule has 21 heavy (non-hydrogen) atoms. The van der Waals surface area contributed by atoms with Gasteiger partial charge in [-0.25, -0.2) is 4.39 Å². The lowest BCUT2D eigenvalue weighted by atomic mass is 9.79. The quantitative estimate of drug-likeness (QED) is 0.869. The number of carboxylic acid groups (broad SMARTS) is 1. The summed E-state index contributed by atoms with van der Waals surface area (Å²) in [5, 5.41) is 11.9. The molecule has 1 saturated carbocycles. The lowest BCUT2D eigenvalue weighted by Gasteiger charge is -2.28. The highest BCUT2D eigenvalue weighted by Gasteiger charge is 2.31. The number of hydrogen-bond acceptors (Lipinski definition) is 2. The topological polar surface area (TPSA) is 66.4 Å². The molecule has 1 aromatic rings. The molecule has 4 nitrogen and oxygen atoms in total. The Labute approximate surface area is 130 Å².